The third-order valence-electron chi connectivity index (χ3n) is 1.13. The summed E-state index contributed by atoms with van der Waals surface area (Å²) < 4.78 is 0. The van der Waals surface area contributed by atoms with E-state index in [0.717, 1.165) is 17.8 Å². The molecule has 48 valence electrons. The smallest absolute Gasteiger partial charge is 0.0331 e. The lowest BCUT2D eigenvalue weighted by molar-refractivity contribution is 1.16. The summed E-state index contributed by atoms with van der Waals surface area (Å²) in [6, 6.07) is 0. The zero-order valence-electron chi connectivity index (χ0n) is 5.17. The Morgan fingerprint density at radius 2 is 2.11 bits per heavy atom. The van der Waals surface area contributed by atoms with Gasteiger partial charge in [0.2, 0.25) is 0 Å². The molecule has 1 rings (SSSR count). The minimum Gasteiger partial charge on any atom is -0.402 e. The molecule has 1 aliphatic carbocycles. The highest BCUT2D eigenvalue weighted by molar-refractivity contribution is 5.27. The average Bonchev–Trinajstić information content (AvgIpc) is 1.93. The fourth-order valence-corrected chi connectivity index (χ4v) is 0.704. The third kappa shape index (κ3) is 1.64. The molecule has 2 nitrogen and oxygen atoms in total. The maximum Gasteiger partial charge on any atom is 0.0331 e. The van der Waals surface area contributed by atoms with Gasteiger partial charge < -0.3 is 11.5 Å². The Balaban J connectivity index is 2.82. The van der Waals surface area contributed by atoms with Crippen LogP contribution in [0.4, 0.5) is 0 Å². The lowest BCUT2D eigenvalue weighted by Crippen LogP contribution is -1.98. The van der Waals surface area contributed by atoms with Gasteiger partial charge in [-0.2, -0.15) is 0 Å². The van der Waals surface area contributed by atoms with Gasteiger partial charge in [-0.25, -0.2) is 0 Å². The average molecular weight is 122 g/mol. The van der Waals surface area contributed by atoms with E-state index in [2.05, 4.69) is 0 Å². The summed E-state index contributed by atoms with van der Waals surface area (Å²) in [4.78, 5) is 0. The predicted octanol–water partition coefficient (Wildman–Crippen LogP) is 0.632. The summed E-state index contributed by atoms with van der Waals surface area (Å²) >= 11 is 0. The fraction of sp³-hybridized carbons (Fsp3) is 0.143. The van der Waals surface area contributed by atoms with Crippen LogP contribution < -0.4 is 11.5 Å². The van der Waals surface area contributed by atoms with Crippen LogP contribution in [0.2, 0.25) is 0 Å². The molecule has 0 unspecified atom stereocenters. The van der Waals surface area contributed by atoms with Crippen LogP contribution in [0.25, 0.3) is 0 Å². The first-order valence-corrected chi connectivity index (χ1v) is 2.87. The van der Waals surface area contributed by atoms with Crippen LogP contribution >= 0.6 is 0 Å². The molecule has 0 amide bonds. The summed E-state index contributed by atoms with van der Waals surface area (Å²) in [5.74, 6) is 0. The van der Waals surface area contributed by atoms with Gasteiger partial charge in [-0.1, -0.05) is 12.2 Å². The molecule has 0 bridgehead atoms. The van der Waals surface area contributed by atoms with Crippen molar-refractivity contribution in [1.82, 2.24) is 0 Å². The molecule has 9 heavy (non-hydrogen) atoms. The van der Waals surface area contributed by atoms with Gasteiger partial charge >= 0.3 is 0 Å². The van der Waals surface area contributed by atoms with Gasteiger partial charge in [0.1, 0.15) is 0 Å². The van der Waals surface area contributed by atoms with Crippen molar-refractivity contribution in [3.63, 3.8) is 0 Å². The molecule has 0 aromatic rings. The number of hydrogen-bond acceptors (Lipinski definition) is 2. The van der Waals surface area contributed by atoms with E-state index in [-0.39, 0.29) is 0 Å². The first-order chi connectivity index (χ1) is 4.29. The number of rotatable bonds is 0. The predicted molar refractivity (Wildman–Crippen MR) is 38.3 cm³/mol. The molecule has 0 saturated carbocycles. The van der Waals surface area contributed by atoms with Crippen LogP contribution in [0.1, 0.15) is 6.42 Å². The van der Waals surface area contributed by atoms with E-state index in [9.17, 15) is 0 Å². The molecule has 0 aromatic heterocycles. The lowest BCUT2D eigenvalue weighted by Gasteiger charge is -1.92. The van der Waals surface area contributed by atoms with Crippen LogP contribution in [-0.4, -0.2) is 0 Å². The van der Waals surface area contributed by atoms with E-state index in [1.807, 2.05) is 18.2 Å². The van der Waals surface area contributed by atoms with Crippen molar-refractivity contribution in [2.45, 2.75) is 6.42 Å². The van der Waals surface area contributed by atoms with E-state index in [1.54, 1.807) is 6.08 Å². The second-order valence-corrected chi connectivity index (χ2v) is 2.02. The van der Waals surface area contributed by atoms with Crippen molar-refractivity contribution < 1.29 is 0 Å². The van der Waals surface area contributed by atoms with Gasteiger partial charge in [0.05, 0.1) is 0 Å². The molecule has 0 heterocycles. The Kier molecular flexibility index (Phi) is 1.58. The zero-order valence-corrected chi connectivity index (χ0v) is 5.17. The van der Waals surface area contributed by atoms with Gasteiger partial charge in [-0.05, 0) is 12.2 Å². The van der Waals surface area contributed by atoms with Gasteiger partial charge in [0, 0.05) is 17.8 Å². The van der Waals surface area contributed by atoms with Gasteiger partial charge in [-0.15, -0.1) is 0 Å². The molecule has 0 radical (unpaired) electrons. The molecule has 2 heteroatoms. The topological polar surface area (TPSA) is 52.0 Å². The van der Waals surface area contributed by atoms with Gasteiger partial charge in [0.25, 0.3) is 0 Å². The summed E-state index contributed by atoms with van der Waals surface area (Å²) in [6.07, 6.45) is 8.30. The first-order valence-electron chi connectivity index (χ1n) is 2.87. The molecule has 0 atom stereocenters. The number of nitrogens with two attached hydrogens (primary N) is 2. The quantitative estimate of drug-likeness (QED) is 0.495. The third-order valence-corrected chi connectivity index (χ3v) is 1.13. The van der Waals surface area contributed by atoms with Crippen molar-refractivity contribution in [2.24, 2.45) is 11.5 Å². The summed E-state index contributed by atoms with van der Waals surface area (Å²) in [5.41, 5.74) is 12.5. The highest BCUT2D eigenvalue weighted by Gasteiger charge is 1.90. The van der Waals surface area contributed by atoms with E-state index in [1.165, 1.54) is 0 Å². The van der Waals surface area contributed by atoms with E-state index < -0.39 is 0 Å². The Bertz CT molecular complexity index is 187. The second kappa shape index (κ2) is 2.40. The van der Waals surface area contributed by atoms with Crippen LogP contribution in [0.5, 0.6) is 0 Å². The number of hydrogen-bond donors (Lipinski definition) is 2. The standard InChI is InChI=1S/C7H10N2/c8-6-3-1-2-4-7(9)5-6/h1-3,5H,4,8-9H2. The van der Waals surface area contributed by atoms with Crippen LogP contribution in [0, 0.1) is 0 Å². The summed E-state index contributed by atoms with van der Waals surface area (Å²) in [5, 5.41) is 0. The van der Waals surface area contributed by atoms with Crippen LogP contribution in [-0.2, 0) is 0 Å². The zero-order chi connectivity index (χ0) is 6.69. The van der Waals surface area contributed by atoms with Gasteiger partial charge in [0.15, 0.2) is 0 Å². The van der Waals surface area contributed by atoms with Crippen LogP contribution in [0.15, 0.2) is 35.7 Å². The molecule has 0 spiro atoms. The molecule has 1 aliphatic rings. The summed E-state index contributed by atoms with van der Waals surface area (Å²) in [7, 11) is 0. The monoisotopic (exact) mass is 122 g/mol. The van der Waals surface area contributed by atoms with E-state index in [4.69, 9.17) is 11.5 Å². The van der Waals surface area contributed by atoms with Crippen LogP contribution in [0.3, 0.4) is 0 Å². The van der Waals surface area contributed by atoms with E-state index in [0.29, 0.717) is 0 Å². The Hall–Kier alpha value is -1.18. The largest absolute Gasteiger partial charge is 0.402 e. The van der Waals surface area contributed by atoms with Crippen molar-refractivity contribution >= 4 is 0 Å². The Morgan fingerprint density at radius 3 is 2.89 bits per heavy atom. The molecule has 0 aromatic carbocycles. The SMILES string of the molecule is NC1=CC=CCC(N)=C1. The molecule has 0 saturated heterocycles. The fourth-order valence-electron chi connectivity index (χ4n) is 0.704. The minimum atomic E-state index is 0.723. The van der Waals surface area contributed by atoms with Crippen molar-refractivity contribution in [3.8, 4) is 0 Å². The lowest BCUT2D eigenvalue weighted by atomic mass is 10.3. The van der Waals surface area contributed by atoms with Crippen molar-refractivity contribution in [3.05, 3.63) is 35.7 Å². The second-order valence-electron chi connectivity index (χ2n) is 2.02. The summed E-state index contributed by atoms with van der Waals surface area (Å²) in [6.45, 7) is 0. The van der Waals surface area contributed by atoms with Crippen molar-refractivity contribution in [2.75, 3.05) is 0 Å². The molecular formula is C7H10N2. The maximum absolute atomic E-state index is 5.51. The maximum atomic E-state index is 5.51. The molecular weight excluding hydrogens is 112 g/mol. The van der Waals surface area contributed by atoms with Gasteiger partial charge in [-0.3, -0.25) is 0 Å². The minimum absolute atomic E-state index is 0.723. The Labute approximate surface area is 54.5 Å². The molecule has 4 N–H and O–H groups in total. The van der Waals surface area contributed by atoms with E-state index >= 15 is 0 Å². The molecule has 0 fully saturated rings. The number of allylic oxidation sites excluding steroid dienone is 4. The highest BCUT2D eigenvalue weighted by Crippen LogP contribution is 2.02. The molecule has 0 aliphatic heterocycles. The Morgan fingerprint density at radius 1 is 1.33 bits per heavy atom. The van der Waals surface area contributed by atoms with Crippen molar-refractivity contribution in [1.29, 1.82) is 0 Å². The highest BCUT2D eigenvalue weighted by atomic mass is 14.6. The normalized spacial score (nSPS) is 18.2. The first kappa shape index (κ1) is 5.95.